The third-order valence-corrected chi connectivity index (χ3v) is 4.96. The smallest absolute Gasteiger partial charge is 0.437 e. The van der Waals surface area contributed by atoms with Crippen LogP contribution in [0.15, 0.2) is 58.1 Å². The van der Waals surface area contributed by atoms with Crippen LogP contribution < -0.4 is 16.4 Å². The third kappa shape index (κ3) is 5.99. The van der Waals surface area contributed by atoms with Crippen molar-refractivity contribution in [2.45, 2.75) is 13.0 Å². The molecule has 4 N–H and O–H groups in total. The number of carbonyl (C=O) groups excluding carboxylic acids is 1. The van der Waals surface area contributed by atoms with Crippen molar-refractivity contribution >= 4 is 17.7 Å². The zero-order chi connectivity index (χ0) is 22.2. The SMILES string of the molecule is COCCC1=C=C=C(N2CCN(c3cccc(COC(=O)N=C(N)N)c3F)CC2)C=C1. The van der Waals surface area contributed by atoms with Gasteiger partial charge in [-0.1, -0.05) is 17.9 Å². The van der Waals surface area contributed by atoms with E-state index in [1.807, 2.05) is 17.1 Å². The summed E-state index contributed by atoms with van der Waals surface area (Å²) in [6, 6.07) is 5.01. The standard InChI is InChI=1S/C22H26FN5O3/c1-30-14-9-16-5-7-18(8-6-16)27-10-12-28(13-11-27)19-4-2-3-17(20(19)23)15-31-22(29)26-21(24)25/h2-5,7H,9-15H2,1H3,(H4,24,25,26,29). The second-order valence-electron chi connectivity index (χ2n) is 7.05. The van der Waals surface area contributed by atoms with Crippen molar-refractivity contribution in [3.63, 3.8) is 0 Å². The predicted octanol–water partition coefficient (Wildman–Crippen LogP) is 2.03. The molecule has 9 heteroatoms. The lowest BCUT2D eigenvalue weighted by atomic mass is 10.1. The Morgan fingerprint density at radius 2 is 1.90 bits per heavy atom. The summed E-state index contributed by atoms with van der Waals surface area (Å²) in [5.41, 5.74) is 19.4. The number of benzene rings is 1. The second kappa shape index (κ2) is 10.5. The highest BCUT2D eigenvalue weighted by Gasteiger charge is 2.22. The van der Waals surface area contributed by atoms with E-state index < -0.39 is 17.9 Å². The number of ether oxygens (including phenoxy) is 2. The van der Waals surface area contributed by atoms with E-state index in [0.29, 0.717) is 25.4 Å². The normalized spacial score (nSPS) is 15.4. The van der Waals surface area contributed by atoms with Crippen LogP contribution in [-0.2, 0) is 16.1 Å². The molecule has 1 aliphatic carbocycles. The molecule has 0 spiro atoms. The molecule has 1 amide bonds. The highest BCUT2D eigenvalue weighted by atomic mass is 19.1. The van der Waals surface area contributed by atoms with Crippen LogP contribution in [0.2, 0.25) is 0 Å². The maximum atomic E-state index is 15.0. The van der Waals surface area contributed by atoms with Crippen molar-refractivity contribution in [1.29, 1.82) is 0 Å². The zero-order valence-corrected chi connectivity index (χ0v) is 17.4. The Morgan fingerprint density at radius 1 is 1.16 bits per heavy atom. The summed E-state index contributed by atoms with van der Waals surface area (Å²) >= 11 is 0. The fourth-order valence-electron chi connectivity index (χ4n) is 3.34. The Morgan fingerprint density at radius 3 is 2.55 bits per heavy atom. The number of guanidine groups is 1. The van der Waals surface area contributed by atoms with Crippen LogP contribution in [0.1, 0.15) is 12.0 Å². The molecule has 0 aromatic heterocycles. The number of amides is 1. The summed E-state index contributed by atoms with van der Waals surface area (Å²) in [5.74, 6) is -0.826. The van der Waals surface area contributed by atoms with Crippen LogP contribution in [0.4, 0.5) is 14.9 Å². The van der Waals surface area contributed by atoms with Gasteiger partial charge in [-0.25, -0.2) is 9.18 Å². The molecule has 1 aromatic carbocycles. The van der Waals surface area contributed by atoms with Crippen molar-refractivity contribution in [2.24, 2.45) is 16.5 Å². The summed E-state index contributed by atoms with van der Waals surface area (Å²) in [7, 11) is 1.68. The molecule has 31 heavy (non-hydrogen) atoms. The van der Waals surface area contributed by atoms with Crippen molar-refractivity contribution in [3.05, 3.63) is 64.5 Å². The number of hydrogen-bond donors (Lipinski definition) is 2. The molecule has 1 heterocycles. The van der Waals surface area contributed by atoms with E-state index in [4.69, 9.17) is 20.9 Å². The first kappa shape index (κ1) is 22.2. The Hall–Kier alpha value is -3.51. The minimum absolute atomic E-state index is 0.254. The fourth-order valence-corrected chi connectivity index (χ4v) is 3.34. The van der Waals surface area contributed by atoms with Crippen molar-refractivity contribution in [3.8, 4) is 0 Å². The molecule has 1 aromatic rings. The van der Waals surface area contributed by atoms with Gasteiger partial charge in [0.15, 0.2) is 11.8 Å². The van der Waals surface area contributed by atoms with Crippen molar-refractivity contribution in [1.82, 2.24) is 4.90 Å². The summed E-state index contributed by atoms with van der Waals surface area (Å²) in [6.45, 7) is 3.15. The van der Waals surface area contributed by atoms with E-state index in [2.05, 4.69) is 21.4 Å². The largest absolute Gasteiger partial charge is 0.443 e. The molecular formula is C22H26FN5O3. The van der Waals surface area contributed by atoms with Gasteiger partial charge in [-0.15, -0.1) is 4.99 Å². The van der Waals surface area contributed by atoms with Gasteiger partial charge in [0, 0.05) is 50.8 Å². The van der Waals surface area contributed by atoms with Crippen molar-refractivity contribution in [2.75, 3.05) is 44.8 Å². The minimum atomic E-state index is -0.959. The number of nitrogens with two attached hydrogens (primary N) is 2. The summed E-state index contributed by atoms with van der Waals surface area (Å²) in [4.78, 5) is 18.9. The van der Waals surface area contributed by atoms with Crippen LogP contribution in [0.3, 0.4) is 0 Å². The lowest BCUT2D eigenvalue weighted by Crippen LogP contribution is -2.46. The molecule has 0 unspecified atom stereocenters. The molecule has 0 radical (unpaired) electrons. The molecule has 0 bridgehead atoms. The van der Waals surface area contributed by atoms with Gasteiger partial charge in [-0.05, 0) is 23.9 Å². The number of nitrogens with zero attached hydrogens (tertiary/aromatic N) is 3. The first-order valence-corrected chi connectivity index (χ1v) is 9.93. The number of allylic oxidation sites excluding steroid dienone is 2. The quantitative estimate of drug-likeness (QED) is 0.390. The molecule has 2 aliphatic rings. The number of methoxy groups -OCH3 is 1. The molecule has 0 atom stereocenters. The van der Waals surface area contributed by atoms with Crippen LogP contribution in [0.5, 0.6) is 0 Å². The lowest BCUT2D eigenvalue weighted by Gasteiger charge is -2.37. The minimum Gasteiger partial charge on any atom is -0.443 e. The predicted molar refractivity (Wildman–Crippen MR) is 116 cm³/mol. The topological polar surface area (TPSA) is 106 Å². The summed E-state index contributed by atoms with van der Waals surface area (Å²) in [5, 5.41) is 0. The van der Waals surface area contributed by atoms with E-state index in [9.17, 15) is 9.18 Å². The molecule has 1 saturated heterocycles. The lowest BCUT2D eigenvalue weighted by molar-refractivity contribution is 0.149. The molecule has 1 fully saturated rings. The first-order chi connectivity index (χ1) is 15.0. The molecule has 164 valence electrons. The van der Waals surface area contributed by atoms with Gasteiger partial charge >= 0.3 is 6.09 Å². The number of rotatable bonds is 7. The number of halogens is 1. The van der Waals surface area contributed by atoms with Gasteiger partial charge in [0.1, 0.15) is 6.61 Å². The molecule has 3 rings (SSSR count). The van der Waals surface area contributed by atoms with Gasteiger partial charge in [-0.2, -0.15) is 0 Å². The third-order valence-electron chi connectivity index (χ3n) is 4.96. The Kier molecular flexibility index (Phi) is 7.51. The average Bonchev–Trinajstić information content (AvgIpc) is 2.77. The van der Waals surface area contributed by atoms with E-state index in [0.717, 1.165) is 30.8 Å². The zero-order valence-electron chi connectivity index (χ0n) is 17.4. The van der Waals surface area contributed by atoms with Crippen molar-refractivity contribution < 1.29 is 18.7 Å². The van der Waals surface area contributed by atoms with E-state index >= 15 is 0 Å². The molecule has 1 aliphatic heterocycles. The number of hydrogen-bond acceptors (Lipinski definition) is 5. The Bertz CT molecular complexity index is 979. The maximum absolute atomic E-state index is 15.0. The van der Waals surface area contributed by atoms with Gasteiger partial charge in [-0.3, -0.25) is 0 Å². The van der Waals surface area contributed by atoms with Crippen LogP contribution in [0.25, 0.3) is 0 Å². The van der Waals surface area contributed by atoms with E-state index in [1.165, 1.54) is 0 Å². The molecule has 0 saturated carbocycles. The monoisotopic (exact) mass is 427 g/mol. The first-order valence-electron chi connectivity index (χ1n) is 9.93. The highest BCUT2D eigenvalue weighted by Crippen LogP contribution is 2.25. The van der Waals surface area contributed by atoms with Crippen LogP contribution in [0, 0.1) is 5.82 Å². The summed E-state index contributed by atoms with van der Waals surface area (Å²) in [6.07, 6.45) is 3.91. The highest BCUT2D eigenvalue weighted by molar-refractivity contribution is 5.87. The molecular weight excluding hydrogens is 401 g/mol. The fraction of sp³-hybridized carbons (Fsp3) is 0.364. The average molecular weight is 427 g/mol. The number of piperazine rings is 1. The number of aliphatic imine (C=N–C) groups is 1. The van der Waals surface area contributed by atoms with Gasteiger partial charge in [0.2, 0.25) is 0 Å². The van der Waals surface area contributed by atoms with Crippen LogP contribution >= 0.6 is 0 Å². The van der Waals surface area contributed by atoms with Gasteiger partial charge < -0.3 is 30.7 Å². The second-order valence-corrected chi connectivity index (χ2v) is 7.05. The van der Waals surface area contributed by atoms with E-state index in [1.54, 1.807) is 25.3 Å². The van der Waals surface area contributed by atoms with E-state index in [-0.39, 0.29) is 12.2 Å². The summed E-state index contributed by atoms with van der Waals surface area (Å²) < 4.78 is 25.0. The Balaban J connectivity index is 1.62. The number of carbonyl (C=O) groups is 1. The Labute approximate surface area is 180 Å². The van der Waals surface area contributed by atoms with Gasteiger partial charge in [0.05, 0.1) is 18.0 Å². The maximum Gasteiger partial charge on any atom is 0.437 e. The molecule has 8 nitrogen and oxygen atoms in total. The number of anilines is 1. The van der Waals surface area contributed by atoms with Gasteiger partial charge in [0.25, 0.3) is 0 Å². The van der Waals surface area contributed by atoms with Crippen LogP contribution in [-0.4, -0.2) is 56.8 Å².